The van der Waals surface area contributed by atoms with Gasteiger partial charge in [-0.25, -0.2) is 13.2 Å². The van der Waals surface area contributed by atoms with Gasteiger partial charge in [0.25, 0.3) is 0 Å². The van der Waals surface area contributed by atoms with Crippen molar-refractivity contribution in [2.45, 2.75) is 46.1 Å². The van der Waals surface area contributed by atoms with Gasteiger partial charge in [0.1, 0.15) is 5.60 Å². The maximum Gasteiger partial charge on any atom is 0.410 e. The first kappa shape index (κ1) is 21.0. The molecule has 1 rings (SSSR count). The van der Waals surface area contributed by atoms with Crippen molar-refractivity contribution in [1.82, 2.24) is 9.80 Å². The molecule has 7 nitrogen and oxygen atoms in total. The van der Waals surface area contributed by atoms with Gasteiger partial charge in [0.15, 0.2) is 0 Å². The number of amides is 2. The van der Waals surface area contributed by atoms with Crippen molar-refractivity contribution in [3.05, 3.63) is 0 Å². The lowest BCUT2D eigenvalue weighted by molar-refractivity contribution is -0.127. The van der Waals surface area contributed by atoms with Crippen molar-refractivity contribution >= 4 is 31.7 Å². The SMILES string of the molecule is CCCN(CCN1CC(CS(=O)(=O)Cl)CC1=O)C(=O)OC(C)(C)C. The maximum atomic E-state index is 12.2. The molecule has 9 heteroatoms. The Labute approximate surface area is 148 Å². The van der Waals surface area contributed by atoms with Crippen LogP contribution in [0.5, 0.6) is 0 Å². The van der Waals surface area contributed by atoms with Crippen LogP contribution in [0, 0.1) is 5.92 Å². The Bertz CT molecular complexity index is 559. The van der Waals surface area contributed by atoms with E-state index in [1.807, 2.05) is 6.92 Å². The van der Waals surface area contributed by atoms with E-state index < -0.39 is 20.7 Å². The third-order valence-electron chi connectivity index (χ3n) is 3.51. The number of likely N-dealkylation sites (tertiary alicyclic amines) is 1. The van der Waals surface area contributed by atoms with E-state index in [9.17, 15) is 18.0 Å². The predicted octanol–water partition coefficient (Wildman–Crippen LogP) is 2.05. The van der Waals surface area contributed by atoms with Gasteiger partial charge in [-0.1, -0.05) is 6.92 Å². The van der Waals surface area contributed by atoms with Gasteiger partial charge >= 0.3 is 6.09 Å². The maximum absolute atomic E-state index is 12.2. The van der Waals surface area contributed by atoms with Crippen LogP contribution < -0.4 is 0 Å². The first-order valence-corrected chi connectivity index (χ1v) is 10.6. The molecule has 0 spiro atoms. The summed E-state index contributed by atoms with van der Waals surface area (Å²) in [7, 11) is 1.63. The van der Waals surface area contributed by atoms with Crippen molar-refractivity contribution in [1.29, 1.82) is 0 Å². The van der Waals surface area contributed by atoms with Crippen LogP contribution in [0.3, 0.4) is 0 Å². The number of carbonyl (C=O) groups excluding carboxylic acids is 2. The van der Waals surface area contributed by atoms with Crippen molar-refractivity contribution in [3.63, 3.8) is 0 Å². The molecule has 0 saturated carbocycles. The quantitative estimate of drug-likeness (QED) is 0.629. The van der Waals surface area contributed by atoms with Gasteiger partial charge in [-0.05, 0) is 27.2 Å². The zero-order valence-corrected chi connectivity index (χ0v) is 16.3. The molecule has 1 unspecified atom stereocenters. The summed E-state index contributed by atoms with van der Waals surface area (Å²) in [5, 5.41) is 0. The zero-order valence-electron chi connectivity index (χ0n) is 14.7. The van der Waals surface area contributed by atoms with Crippen LogP contribution in [-0.2, 0) is 18.6 Å². The van der Waals surface area contributed by atoms with E-state index >= 15 is 0 Å². The molecule has 0 bridgehead atoms. The second-order valence-corrected chi connectivity index (χ2v) is 9.90. The number of hydrogen-bond acceptors (Lipinski definition) is 5. The lowest BCUT2D eigenvalue weighted by Crippen LogP contribution is -2.42. The Morgan fingerprint density at radius 3 is 2.50 bits per heavy atom. The molecule has 1 aliphatic rings. The molecule has 0 N–H and O–H groups in total. The summed E-state index contributed by atoms with van der Waals surface area (Å²) in [6.07, 6.45) is 0.544. The van der Waals surface area contributed by atoms with E-state index in [4.69, 9.17) is 15.4 Å². The third kappa shape index (κ3) is 7.70. The van der Waals surface area contributed by atoms with Gasteiger partial charge in [0.05, 0.1) is 5.75 Å². The Morgan fingerprint density at radius 2 is 2.00 bits per heavy atom. The average molecular weight is 383 g/mol. The number of nitrogens with zero attached hydrogens (tertiary/aromatic N) is 2. The molecule has 0 aromatic heterocycles. The van der Waals surface area contributed by atoms with Gasteiger partial charge in [-0.3, -0.25) is 4.79 Å². The molecule has 1 fully saturated rings. The number of ether oxygens (including phenoxy) is 1. The predicted molar refractivity (Wildman–Crippen MR) is 92.4 cm³/mol. The van der Waals surface area contributed by atoms with Crippen LogP contribution in [-0.4, -0.2) is 67.8 Å². The van der Waals surface area contributed by atoms with Crippen molar-refractivity contribution in [2.24, 2.45) is 5.92 Å². The molecule has 24 heavy (non-hydrogen) atoms. The summed E-state index contributed by atoms with van der Waals surface area (Å²) < 4.78 is 27.6. The molecule has 140 valence electrons. The molecular weight excluding hydrogens is 356 g/mol. The van der Waals surface area contributed by atoms with Crippen LogP contribution >= 0.6 is 10.7 Å². The van der Waals surface area contributed by atoms with E-state index in [1.165, 1.54) is 0 Å². The van der Waals surface area contributed by atoms with Crippen LogP contribution in [0.25, 0.3) is 0 Å². The Morgan fingerprint density at radius 1 is 1.38 bits per heavy atom. The summed E-state index contributed by atoms with van der Waals surface area (Å²) in [4.78, 5) is 27.3. The Kier molecular flexibility index (Phi) is 7.34. The standard InChI is InChI=1S/C15H27ClN2O5S/c1-5-6-17(14(20)23-15(2,3)4)7-8-18-10-12(9-13(18)19)11-24(16,21)22/h12H,5-11H2,1-4H3. The minimum absolute atomic E-state index is 0.110. The fourth-order valence-electron chi connectivity index (χ4n) is 2.60. The van der Waals surface area contributed by atoms with Crippen LogP contribution in [0.2, 0.25) is 0 Å². The minimum Gasteiger partial charge on any atom is -0.444 e. The highest BCUT2D eigenvalue weighted by Gasteiger charge is 2.32. The van der Waals surface area contributed by atoms with Crippen molar-refractivity contribution < 1.29 is 22.7 Å². The van der Waals surface area contributed by atoms with Crippen LogP contribution in [0.1, 0.15) is 40.5 Å². The first-order valence-electron chi connectivity index (χ1n) is 8.09. The molecule has 0 aromatic carbocycles. The fourth-order valence-corrected chi connectivity index (χ4v) is 3.92. The monoisotopic (exact) mass is 382 g/mol. The largest absolute Gasteiger partial charge is 0.444 e. The molecule has 0 aliphatic carbocycles. The van der Waals surface area contributed by atoms with E-state index in [0.717, 1.165) is 6.42 Å². The normalized spacial score (nSPS) is 18.8. The highest BCUT2D eigenvalue weighted by molar-refractivity contribution is 8.13. The summed E-state index contributed by atoms with van der Waals surface area (Å²) in [5.74, 6) is -0.608. The van der Waals surface area contributed by atoms with Gasteiger partial charge in [0, 0.05) is 49.2 Å². The van der Waals surface area contributed by atoms with E-state index in [-0.39, 0.29) is 24.0 Å². The fraction of sp³-hybridized carbons (Fsp3) is 0.867. The molecule has 0 radical (unpaired) electrons. The molecule has 0 aromatic rings. The molecule has 1 saturated heterocycles. The van der Waals surface area contributed by atoms with Gasteiger partial charge in [-0.2, -0.15) is 0 Å². The molecule has 1 aliphatic heterocycles. The van der Waals surface area contributed by atoms with E-state index in [1.54, 1.807) is 30.6 Å². The highest BCUT2D eigenvalue weighted by atomic mass is 35.7. The van der Waals surface area contributed by atoms with Gasteiger partial charge in [-0.15, -0.1) is 0 Å². The summed E-state index contributed by atoms with van der Waals surface area (Å²) in [6, 6.07) is 0. The van der Waals surface area contributed by atoms with Crippen LogP contribution in [0.15, 0.2) is 0 Å². The van der Waals surface area contributed by atoms with Gasteiger partial charge < -0.3 is 14.5 Å². The number of halogens is 1. The van der Waals surface area contributed by atoms with E-state index in [0.29, 0.717) is 26.2 Å². The second kappa shape index (κ2) is 8.38. The minimum atomic E-state index is -3.62. The lowest BCUT2D eigenvalue weighted by atomic mass is 10.1. The number of carbonyl (C=O) groups is 2. The smallest absolute Gasteiger partial charge is 0.410 e. The molecule has 1 atom stereocenters. The third-order valence-corrected chi connectivity index (χ3v) is 4.76. The molecule has 1 heterocycles. The van der Waals surface area contributed by atoms with Crippen molar-refractivity contribution in [2.75, 3.05) is 31.9 Å². The highest BCUT2D eigenvalue weighted by Crippen LogP contribution is 2.21. The van der Waals surface area contributed by atoms with E-state index in [2.05, 4.69) is 0 Å². The van der Waals surface area contributed by atoms with Gasteiger partial charge in [0.2, 0.25) is 15.0 Å². The van der Waals surface area contributed by atoms with Crippen molar-refractivity contribution in [3.8, 4) is 0 Å². The topological polar surface area (TPSA) is 84.0 Å². The summed E-state index contributed by atoms with van der Waals surface area (Å²) >= 11 is 0. The Hall–Kier alpha value is -1.02. The summed E-state index contributed by atoms with van der Waals surface area (Å²) in [6.45, 7) is 8.96. The molecule has 2 amide bonds. The number of rotatable bonds is 7. The molecular formula is C15H27ClN2O5S. The van der Waals surface area contributed by atoms with Crippen LogP contribution in [0.4, 0.5) is 4.79 Å². The Balaban J connectivity index is 2.58. The average Bonchev–Trinajstić information content (AvgIpc) is 2.70. The lowest BCUT2D eigenvalue weighted by Gasteiger charge is -2.28. The second-order valence-electron chi connectivity index (χ2n) is 7.08. The first-order chi connectivity index (χ1) is 10.9. The zero-order chi connectivity index (χ0) is 18.5. The number of hydrogen-bond donors (Lipinski definition) is 0. The summed E-state index contributed by atoms with van der Waals surface area (Å²) in [5.41, 5.74) is -0.577.